The van der Waals surface area contributed by atoms with Crippen LogP contribution in [-0.4, -0.2) is 26.0 Å². The van der Waals surface area contributed by atoms with Crippen LogP contribution in [0.3, 0.4) is 0 Å². The predicted octanol–water partition coefficient (Wildman–Crippen LogP) is 5.16. The third kappa shape index (κ3) is 4.44. The molecule has 0 atom stereocenters. The van der Waals surface area contributed by atoms with Gasteiger partial charge in [0.2, 0.25) is 5.89 Å². The Hall–Kier alpha value is -4.31. The van der Waals surface area contributed by atoms with Crippen molar-refractivity contribution in [3.8, 4) is 17.2 Å². The number of aromatic nitrogens is 1. The average Bonchev–Trinajstić information content (AvgIpc) is 3.17. The molecule has 0 spiro atoms. The number of nitrogens with one attached hydrogen (secondary N) is 2. The Morgan fingerprint density at radius 2 is 1.91 bits per heavy atom. The Bertz CT molecular complexity index is 1480. The summed E-state index contributed by atoms with van der Waals surface area (Å²) in [6.45, 7) is 5.40. The number of carbonyl (C=O) groups excluding carboxylic acids is 1. The van der Waals surface area contributed by atoms with Gasteiger partial charge in [0.1, 0.15) is 11.3 Å². The van der Waals surface area contributed by atoms with Crippen molar-refractivity contribution in [3.63, 3.8) is 0 Å². The summed E-state index contributed by atoms with van der Waals surface area (Å²) in [6, 6.07) is 12.8. The van der Waals surface area contributed by atoms with Crippen molar-refractivity contribution in [3.05, 3.63) is 80.9 Å². The van der Waals surface area contributed by atoms with Gasteiger partial charge in [0.05, 0.1) is 10.5 Å². The molecule has 3 N–H and O–H groups in total. The first kappa shape index (κ1) is 22.9. The Labute approximate surface area is 199 Å². The maximum atomic E-state index is 12.6. The monoisotopic (exact) mass is 476 g/mol. The molecule has 0 aliphatic heterocycles. The van der Waals surface area contributed by atoms with Crippen LogP contribution in [0.2, 0.25) is 0 Å². The number of thiocarbonyl (C=S) groups is 1. The lowest BCUT2D eigenvalue weighted by molar-refractivity contribution is -0.385. The Morgan fingerprint density at radius 3 is 2.62 bits per heavy atom. The van der Waals surface area contributed by atoms with E-state index in [4.69, 9.17) is 16.6 Å². The van der Waals surface area contributed by atoms with E-state index in [1.165, 1.54) is 31.2 Å². The molecule has 34 heavy (non-hydrogen) atoms. The number of phenolic OH excluding ortho intramolecular Hbond substituents is 1. The smallest absolute Gasteiger partial charge is 0.273 e. The van der Waals surface area contributed by atoms with Gasteiger partial charge in [-0.2, -0.15) is 0 Å². The first-order valence-electron chi connectivity index (χ1n) is 10.2. The van der Waals surface area contributed by atoms with Crippen molar-refractivity contribution in [2.45, 2.75) is 20.8 Å². The van der Waals surface area contributed by atoms with E-state index in [1.807, 2.05) is 26.0 Å². The molecular formula is C24H20N4O5S. The molecule has 0 aliphatic rings. The number of aryl methyl sites for hydroxylation is 2. The number of fused-ring (bicyclic) bond motifs is 1. The van der Waals surface area contributed by atoms with Crippen LogP contribution >= 0.6 is 12.2 Å². The summed E-state index contributed by atoms with van der Waals surface area (Å²) in [4.78, 5) is 27.6. The molecule has 4 rings (SSSR count). The molecule has 0 saturated carbocycles. The van der Waals surface area contributed by atoms with Crippen LogP contribution in [0.15, 0.2) is 52.9 Å². The van der Waals surface area contributed by atoms with Gasteiger partial charge < -0.3 is 14.8 Å². The van der Waals surface area contributed by atoms with Crippen LogP contribution in [0.4, 0.5) is 11.4 Å². The number of nitro benzene ring substituents is 1. The van der Waals surface area contributed by atoms with Crippen molar-refractivity contribution in [2.24, 2.45) is 0 Å². The van der Waals surface area contributed by atoms with Crippen LogP contribution in [0.25, 0.3) is 22.6 Å². The highest BCUT2D eigenvalue weighted by Crippen LogP contribution is 2.34. The minimum atomic E-state index is -0.586. The number of benzene rings is 3. The van der Waals surface area contributed by atoms with Gasteiger partial charge >= 0.3 is 0 Å². The SMILES string of the molecule is Cc1cc(C)c2oc(-c3ccc(NC(=S)NC(=O)c4cccc([N+](=O)[O-])c4C)cc3O)nc2c1. The number of nitrogens with zero attached hydrogens (tertiary/aromatic N) is 2. The fourth-order valence-corrected chi connectivity index (χ4v) is 3.89. The third-order valence-corrected chi connectivity index (χ3v) is 5.48. The molecule has 4 aromatic rings. The molecule has 1 amide bonds. The molecule has 10 heteroatoms. The van der Waals surface area contributed by atoms with E-state index in [2.05, 4.69) is 15.6 Å². The molecule has 1 heterocycles. The first-order chi connectivity index (χ1) is 16.1. The largest absolute Gasteiger partial charge is 0.507 e. The van der Waals surface area contributed by atoms with E-state index in [-0.39, 0.29) is 33.6 Å². The second-order valence-corrected chi connectivity index (χ2v) is 8.20. The van der Waals surface area contributed by atoms with Crippen molar-refractivity contribution < 1.29 is 19.2 Å². The molecule has 0 aliphatic carbocycles. The number of hydrogen-bond donors (Lipinski definition) is 3. The van der Waals surface area contributed by atoms with Gasteiger partial charge in [-0.3, -0.25) is 20.2 Å². The van der Waals surface area contributed by atoms with Crippen molar-refractivity contribution in [2.75, 3.05) is 5.32 Å². The van der Waals surface area contributed by atoms with Gasteiger partial charge in [0, 0.05) is 28.9 Å². The van der Waals surface area contributed by atoms with Gasteiger partial charge in [-0.15, -0.1) is 0 Å². The molecule has 172 valence electrons. The highest BCUT2D eigenvalue weighted by Gasteiger charge is 2.19. The molecule has 9 nitrogen and oxygen atoms in total. The fourth-order valence-electron chi connectivity index (χ4n) is 3.68. The zero-order chi connectivity index (χ0) is 24.6. The first-order valence-corrected chi connectivity index (χ1v) is 10.6. The number of rotatable bonds is 4. The summed E-state index contributed by atoms with van der Waals surface area (Å²) >= 11 is 5.19. The lowest BCUT2D eigenvalue weighted by Crippen LogP contribution is -2.34. The quantitative estimate of drug-likeness (QED) is 0.209. The number of phenols is 1. The van der Waals surface area contributed by atoms with Crippen LogP contribution in [0.5, 0.6) is 5.75 Å². The number of aromatic hydroxyl groups is 1. The van der Waals surface area contributed by atoms with Crippen LogP contribution in [0, 0.1) is 30.9 Å². The van der Waals surface area contributed by atoms with E-state index < -0.39 is 10.8 Å². The lowest BCUT2D eigenvalue weighted by atomic mass is 10.1. The second-order valence-electron chi connectivity index (χ2n) is 7.80. The summed E-state index contributed by atoms with van der Waals surface area (Å²) in [5.41, 5.74) is 4.41. The summed E-state index contributed by atoms with van der Waals surface area (Å²) in [5.74, 6) is -0.393. The predicted molar refractivity (Wildman–Crippen MR) is 132 cm³/mol. The van der Waals surface area contributed by atoms with E-state index in [0.717, 1.165) is 11.1 Å². The fraction of sp³-hybridized carbons (Fsp3) is 0.125. The highest BCUT2D eigenvalue weighted by molar-refractivity contribution is 7.80. The normalized spacial score (nSPS) is 10.8. The maximum absolute atomic E-state index is 12.6. The molecule has 1 aromatic heterocycles. The van der Waals surface area contributed by atoms with E-state index in [9.17, 15) is 20.0 Å². The van der Waals surface area contributed by atoms with Gasteiger partial charge in [-0.25, -0.2) is 4.98 Å². The number of carbonyl (C=O) groups is 1. The van der Waals surface area contributed by atoms with Crippen LogP contribution in [-0.2, 0) is 0 Å². The lowest BCUT2D eigenvalue weighted by Gasteiger charge is -2.12. The Kier molecular flexibility index (Phi) is 5.99. The van der Waals surface area contributed by atoms with Gasteiger partial charge in [-0.05, 0) is 68.4 Å². The van der Waals surface area contributed by atoms with Gasteiger partial charge in [0.15, 0.2) is 10.7 Å². The van der Waals surface area contributed by atoms with Crippen molar-refractivity contribution in [1.29, 1.82) is 0 Å². The molecule has 3 aromatic carbocycles. The zero-order valence-corrected chi connectivity index (χ0v) is 19.3. The Morgan fingerprint density at radius 1 is 1.15 bits per heavy atom. The number of amides is 1. The number of nitro groups is 1. The molecule has 0 bridgehead atoms. The van der Waals surface area contributed by atoms with Gasteiger partial charge in [0.25, 0.3) is 11.6 Å². The van der Waals surface area contributed by atoms with E-state index in [0.29, 0.717) is 22.4 Å². The van der Waals surface area contributed by atoms with E-state index in [1.54, 1.807) is 12.1 Å². The number of hydrogen-bond acceptors (Lipinski definition) is 7. The average molecular weight is 477 g/mol. The molecule has 0 fully saturated rings. The van der Waals surface area contributed by atoms with Crippen LogP contribution < -0.4 is 10.6 Å². The molecule has 0 radical (unpaired) electrons. The highest BCUT2D eigenvalue weighted by atomic mass is 32.1. The number of oxazole rings is 1. The standard InChI is InChI=1S/C24H20N4O5S/c1-12-9-13(2)21-18(10-12)26-23(33-21)17-8-7-15(11-20(17)29)25-24(34)27-22(30)16-5-4-6-19(14(16)3)28(31)32/h4-11,29H,1-3H3,(H2,25,27,30,34). The van der Waals surface area contributed by atoms with Crippen LogP contribution in [0.1, 0.15) is 27.0 Å². The second kappa shape index (κ2) is 8.91. The molecular weight excluding hydrogens is 456 g/mol. The summed E-state index contributed by atoms with van der Waals surface area (Å²) < 4.78 is 5.86. The zero-order valence-electron chi connectivity index (χ0n) is 18.5. The van der Waals surface area contributed by atoms with Gasteiger partial charge in [-0.1, -0.05) is 12.1 Å². The Balaban J connectivity index is 1.50. The maximum Gasteiger partial charge on any atom is 0.273 e. The van der Waals surface area contributed by atoms with E-state index >= 15 is 0 Å². The summed E-state index contributed by atoms with van der Waals surface area (Å²) in [6.07, 6.45) is 0. The molecule has 0 saturated heterocycles. The van der Waals surface area contributed by atoms with Crippen molar-refractivity contribution in [1.82, 2.24) is 10.3 Å². The minimum Gasteiger partial charge on any atom is -0.507 e. The molecule has 0 unspecified atom stereocenters. The number of anilines is 1. The third-order valence-electron chi connectivity index (χ3n) is 5.28. The topological polar surface area (TPSA) is 131 Å². The summed E-state index contributed by atoms with van der Waals surface area (Å²) in [5, 5.41) is 26.9. The minimum absolute atomic E-state index is 0.0315. The summed E-state index contributed by atoms with van der Waals surface area (Å²) in [7, 11) is 0. The van der Waals surface area contributed by atoms with Crippen molar-refractivity contribution >= 4 is 45.7 Å².